The summed E-state index contributed by atoms with van der Waals surface area (Å²) in [7, 11) is -5.35. The number of nitrogens with zero attached hydrogens (tertiary/aromatic N) is 1. The Balaban J connectivity index is 2.51. The minimum absolute atomic E-state index is 0.204. The number of pyridine rings is 1. The van der Waals surface area contributed by atoms with Crippen molar-refractivity contribution < 1.29 is 26.3 Å². The number of ether oxygens (including phenoxy) is 1. The van der Waals surface area contributed by atoms with Gasteiger partial charge in [0.1, 0.15) is 6.61 Å². The lowest BCUT2D eigenvalue weighted by atomic mass is 10.4. The van der Waals surface area contributed by atoms with E-state index in [9.17, 15) is 21.6 Å². The van der Waals surface area contributed by atoms with Crippen LogP contribution in [0.15, 0.2) is 24.4 Å². The first-order valence-corrected chi connectivity index (χ1v) is 6.33. The van der Waals surface area contributed by atoms with Crippen LogP contribution >= 0.6 is 0 Å². The molecule has 0 aliphatic heterocycles. The summed E-state index contributed by atoms with van der Waals surface area (Å²) in [5.74, 6) is 0.204. The van der Waals surface area contributed by atoms with Gasteiger partial charge >= 0.3 is 15.5 Å². The topological polar surface area (TPSA) is 68.3 Å². The third-order valence-corrected chi connectivity index (χ3v) is 3.10. The molecular weight excluding hydrogens is 273 g/mol. The number of hydrogen-bond acceptors (Lipinski definition) is 4. The Labute approximate surface area is 102 Å². The van der Waals surface area contributed by atoms with Crippen LogP contribution in [-0.4, -0.2) is 31.6 Å². The van der Waals surface area contributed by atoms with Gasteiger partial charge in [-0.15, -0.1) is 0 Å². The van der Waals surface area contributed by atoms with E-state index in [0.29, 0.717) is 0 Å². The molecule has 0 unspecified atom stereocenters. The fourth-order valence-electron chi connectivity index (χ4n) is 1.01. The van der Waals surface area contributed by atoms with Crippen molar-refractivity contribution >= 4 is 10.0 Å². The van der Waals surface area contributed by atoms with E-state index in [1.165, 1.54) is 23.9 Å². The van der Waals surface area contributed by atoms with Crippen LogP contribution < -0.4 is 9.46 Å². The Kier molecular flexibility index (Phi) is 4.52. The van der Waals surface area contributed by atoms with E-state index in [2.05, 4.69) is 4.98 Å². The third kappa shape index (κ3) is 4.15. The average molecular weight is 284 g/mol. The molecule has 0 radical (unpaired) electrons. The Morgan fingerprint density at radius 3 is 2.61 bits per heavy atom. The summed E-state index contributed by atoms with van der Waals surface area (Å²) in [4.78, 5) is 3.77. The molecule has 1 aromatic rings. The molecule has 0 amide bonds. The predicted molar refractivity (Wildman–Crippen MR) is 57.3 cm³/mol. The van der Waals surface area contributed by atoms with Crippen LogP contribution in [0.2, 0.25) is 0 Å². The smallest absolute Gasteiger partial charge is 0.476 e. The minimum atomic E-state index is -5.35. The summed E-state index contributed by atoms with van der Waals surface area (Å²) in [6.07, 6.45) is 1.44. The van der Waals surface area contributed by atoms with Crippen molar-refractivity contribution in [3.05, 3.63) is 24.4 Å². The van der Waals surface area contributed by atoms with Gasteiger partial charge in [0.2, 0.25) is 5.88 Å². The van der Waals surface area contributed by atoms with Crippen molar-refractivity contribution in [1.29, 1.82) is 0 Å². The van der Waals surface area contributed by atoms with E-state index in [0.717, 1.165) is 0 Å². The SMILES string of the molecule is C[C@@H](COc1ccccn1)NS(=O)(=O)C(F)(F)F. The highest BCUT2D eigenvalue weighted by molar-refractivity contribution is 7.90. The fourth-order valence-corrected chi connectivity index (χ4v) is 1.74. The largest absolute Gasteiger partial charge is 0.511 e. The van der Waals surface area contributed by atoms with E-state index in [1.54, 1.807) is 12.1 Å². The standard InChI is InChI=1S/C9H11F3N2O3S/c1-7(14-18(15,16)9(10,11)12)6-17-8-4-2-3-5-13-8/h2-5,7,14H,6H2,1H3/t7-/m0/s1. The summed E-state index contributed by atoms with van der Waals surface area (Å²) in [6, 6.07) is 3.75. The number of alkyl halides is 3. The lowest BCUT2D eigenvalue weighted by Gasteiger charge is -2.15. The van der Waals surface area contributed by atoms with Crippen molar-refractivity contribution in [3.8, 4) is 5.88 Å². The molecule has 0 fully saturated rings. The van der Waals surface area contributed by atoms with Crippen molar-refractivity contribution in [1.82, 2.24) is 9.71 Å². The Morgan fingerprint density at radius 2 is 2.11 bits per heavy atom. The molecule has 18 heavy (non-hydrogen) atoms. The molecule has 1 atom stereocenters. The molecule has 9 heteroatoms. The lowest BCUT2D eigenvalue weighted by Crippen LogP contribution is -2.43. The molecule has 1 N–H and O–H groups in total. The van der Waals surface area contributed by atoms with Gasteiger partial charge < -0.3 is 4.74 Å². The molecule has 1 heterocycles. The van der Waals surface area contributed by atoms with Gasteiger partial charge in [0.25, 0.3) is 0 Å². The van der Waals surface area contributed by atoms with Gasteiger partial charge in [-0.05, 0) is 13.0 Å². The van der Waals surface area contributed by atoms with Gasteiger partial charge in [-0.2, -0.15) is 13.2 Å². The highest BCUT2D eigenvalue weighted by Gasteiger charge is 2.46. The van der Waals surface area contributed by atoms with Gasteiger partial charge in [0, 0.05) is 12.3 Å². The maximum atomic E-state index is 12.1. The number of nitrogens with one attached hydrogen (secondary N) is 1. The van der Waals surface area contributed by atoms with E-state index in [-0.39, 0.29) is 12.5 Å². The Morgan fingerprint density at radius 1 is 1.44 bits per heavy atom. The molecule has 1 rings (SSSR count). The summed E-state index contributed by atoms with van der Waals surface area (Å²) in [5.41, 5.74) is -5.33. The molecule has 0 aliphatic rings. The molecule has 0 spiro atoms. The van der Waals surface area contributed by atoms with Gasteiger partial charge in [-0.3, -0.25) is 0 Å². The van der Waals surface area contributed by atoms with Gasteiger partial charge in [-0.1, -0.05) is 6.07 Å². The molecular formula is C9H11F3N2O3S. The predicted octanol–water partition coefficient (Wildman–Crippen LogP) is 1.29. The van der Waals surface area contributed by atoms with Crippen molar-refractivity contribution in [3.63, 3.8) is 0 Å². The molecule has 5 nitrogen and oxygen atoms in total. The average Bonchev–Trinajstić information content (AvgIpc) is 2.26. The molecule has 0 aromatic carbocycles. The number of sulfonamides is 1. The van der Waals surface area contributed by atoms with Crippen LogP contribution in [-0.2, 0) is 10.0 Å². The molecule has 0 aliphatic carbocycles. The normalized spacial score (nSPS) is 14.2. The van der Waals surface area contributed by atoms with E-state index < -0.39 is 21.6 Å². The zero-order valence-electron chi connectivity index (χ0n) is 9.31. The van der Waals surface area contributed by atoms with Crippen LogP contribution in [0.5, 0.6) is 5.88 Å². The quantitative estimate of drug-likeness (QED) is 0.884. The summed E-state index contributed by atoms with van der Waals surface area (Å²) in [6.45, 7) is 0.999. The van der Waals surface area contributed by atoms with Crippen LogP contribution in [0.3, 0.4) is 0 Å². The van der Waals surface area contributed by atoms with Crippen LogP contribution in [0.25, 0.3) is 0 Å². The van der Waals surface area contributed by atoms with E-state index in [4.69, 9.17) is 4.74 Å². The second-order valence-electron chi connectivity index (χ2n) is 3.45. The number of rotatable bonds is 5. The lowest BCUT2D eigenvalue weighted by molar-refractivity contribution is -0.0451. The first-order chi connectivity index (χ1) is 8.22. The minimum Gasteiger partial charge on any atom is -0.476 e. The maximum Gasteiger partial charge on any atom is 0.511 e. The van der Waals surface area contributed by atoms with Crippen molar-refractivity contribution in [2.75, 3.05) is 6.61 Å². The van der Waals surface area contributed by atoms with Crippen LogP contribution in [0.1, 0.15) is 6.92 Å². The monoisotopic (exact) mass is 284 g/mol. The summed E-state index contributed by atoms with van der Waals surface area (Å²) >= 11 is 0. The fraction of sp³-hybridized carbons (Fsp3) is 0.444. The number of aromatic nitrogens is 1. The van der Waals surface area contributed by atoms with E-state index in [1.807, 2.05) is 0 Å². The molecule has 0 saturated carbocycles. The maximum absolute atomic E-state index is 12.1. The number of halogens is 3. The van der Waals surface area contributed by atoms with Crippen LogP contribution in [0.4, 0.5) is 13.2 Å². The zero-order valence-corrected chi connectivity index (χ0v) is 10.1. The molecule has 0 saturated heterocycles. The second kappa shape index (κ2) is 5.53. The highest BCUT2D eigenvalue weighted by atomic mass is 32.2. The van der Waals surface area contributed by atoms with Gasteiger partial charge in [0.15, 0.2) is 0 Å². The van der Waals surface area contributed by atoms with Crippen molar-refractivity contribution in [2.24, 2.45) is 0 Å². The van der Waals surface area contributed by atoms with E-state index >= 15 is 0 Å². The summed E-state index contributed by atoms with van der Waals surface area (Å²) in [5, 5.41) is 0. The van der Waals surface area contributed by atoms with Gasteiger partial charge in [-0.25, -0.2) is 18.1 Å². The molecule has 0 bridgehead atoms. The third-order valence-electron chi connectivity index (χ3n) is 1.78. The molecule has 102 valence electrons. The highest BCUT2D eigenvalue weighted by Crippen LogP contribution is 2.21. The Hall–Kier alpha value is -1.35. The van der Waals surface area contributed by atoms with Crippen LogP contribution in [0, 0.1) is 0 Å². The first-order valence-electron chi connectivity index (χ1n) is 4.85. The second-order valence-corrected chi connectivity index (χ2v) is 5.15. The summed E-state index contributed by atoms with van der Waals surface area (Å²) < 4.78 is 64.2. The van der Waals surface area contributed by atoms with Crippen molar-refractivity contribution in [2.45, 2.75) is 18.5 Å². The molecule has 1 aromatic heterocycles. The Bertz CT molecular complexity index is 476. The number of hydrogen-bond donors (Lipinski definition) is 1. The zero-order chi connectivity index (χ0) is 13.8. The first kappa shape index (κ1) is 14.7. The van der Waals surface area contributed by atoms with Gasteiger partial charge in [0.05, 0.1) is 6.04 Å².